The largest absolute Gasteiger partial charge is 0.416 e. The summed E-state index contributed by atoms with van der Waals surface area (Å²) in [7, 11) is 1.51. The van der Waals surface area contributed by atoms with Crippen LogP contribution in [0.5, 0.6) is 0 Å². The van der Waals surface area contributed by atoms with Gasteiger partial charge < -0.3 is 0 Å². The average Bonchev–Trinajstić information content (AvgIpc) is 2.25. The molecular formula is C12H12F3IN2. The molecular weight excluding hydrogens is 356 g/mol. The molecule has 18 heavy (non-hydrogen) atoms. The lowest BCUT2D eigenvalue weighted by Crippen LogP contribution is -2.10. The number of halogens is 4. The van der Waals surface area contributed by atoms with Crippen molar-refractivity contribution in [2.45, 2.75) is 20.0 Å². The third-order valence-corrected chi connectivity index (χ3v) is 2.51. The highest BCUT2D eigenvalue weighted by Crippen LogP contribution is 2.32. The van der Waals surface area contributed by atoms with Gasteiger partial charge in [-0.15, -0.1) is 0 Å². The van der Waals surface area contributed by atoms with E-state index in [0.717, 1.165) is 6.07 Å². The van der Waals surface area contributed by atoms with E-state index in [1.165, 1.54) is 20.0 Å². The second-order valence-corrected chi connectivity index (χ2v) is 5.24. The Balaban J connectivity index is 3.33. The normalized spacial score (nSPS) is 13.9. The highest BCUT2D eigenvalue weighted by molar-refractivity contribution is 14.1. The molecule has 0 saturated heterocycles. The number of hydrogen-bond acceptors (Lipinski definition) is 1. The van der Waals surface area contributed by atoms with Gasteiger partial charge in [-0.05, 0) is 48.1 Å². The van der Waals surface area contributed by atoms with Gasteiger partial charge in [-0.1, -0.05) is 12.1 Å². The number of aliphatic imine (C=N–C) groups is 2. The highest BCUT2D eigenvalue weighted by Gasteiger charge is 2.32. The minimum absolute atomic E-state index is 0.192. The first-order valence-electron chi connectivity index (χ1n) is 5.11. The van der Waals surface area contributed by atoms with Gasteiger partial charge in [0, 0.05) is 12.6 Å². The molecule has 0 amide bonds. The molecule has 0 aliphatic carbocycles. The molecule has 0 radical (unpaired) electrons. The molecule has 6 heteroatoms. The first-order chi connectivity index (χ1) is 8.25. The Kier molecular flexibility index (Phi) is 4.89. The molecule has 0 spiro atoms. The van der Waals surface area contributed by atoms with Crippen LogP contribution in [-0.2, 0) is 6.18 Å². The van der Waals surface area contributed by atoms with Crippen LogP contribution in [0.25, 0.3) is 0 Å². The number of nitrogens with zero attached hydrogens (tertiary/aromatic N) is 2. The maximum absolute atomic E-state index is 12.8. The predicted molar refractivity (Wildman–Crippen MR) is 75.8 cm³/mol. The van der Waals surface area contributed by atoms with E-state index < -0.39 is 11.7 Å². The van der Waals surface area contributed by atoms with Gasteiger partial charge in [0.1, 0.15) is 0 Å². The molecule has 0 aliphatic rings. The second kappa shape index (κ2) is 5.81. The molecule has 98 valence electrons. The van der Waals surface area contributed by atoms with Crippen molar-refractivity contribution in [1.82, 2.24) is 0 Å². The summed E-state index contributed by atoms with van der Waals surface area (Å²) >= 11 is 1.99. The molecule has 0 unspecified atom stereocenters. The van der Waals surface area contributed by atoms with Crippen LogP contribution in [0.15, 0.2) is 28.2 Å². The summed E-state index contributed by atoms with van der Waals surface area (Å²) in [5.41, 5.74) is -0.0919. The van der Waals surface area contributed by atoms with Crippen molar-refractivity contribution in [3.8, 4) is 0 Å². The molecule has 0 saturated carbocycles. The van der Waals surface area contributed by atoms with E-state index in [-0.39, 0.29) is 5.56 Å². The second-order valence-electron chi connectivity index (χ2n) is 3.68. The molecule has 1 aromatic carbocycles. The minimum Gasteiger partial charge on any atom is -0.270 e. The maximum atomic E-state index is 12.8. The van der Waals surface area contributed by atoms with Gasteiger partial charge in [-0.3, -0.25) is 4.99 Å². The summed E-state index contributed by atoms with van der Waals surface area (Å²) in [4.78, 5) is 8.01. The van der Waals surface area contributed by atoms with Crippen molar-refractivity contribution in [1.29, 1.82) is 0 Å². The molecule has 0 fully saturated rings. The van der Waals surface area contributed by atoms with Crippen LogP contribution in [0.4, 0.5) is 13.2 Å². The quantitative estimate of drug-likeness (QED) is 0.403. The van der Waals surface area contributed by atoms with Crippen LogP contribution in [0, 0.1) is 6.92 Å². The number of rotatable bonds is 1. The van der Waals surface area contributed by atoms with Gasteiger partial charge in [-0.2, -0.15) is 13.2 Å². The number of amidine groups is 1. The smallest absolute Gasteiger partial charge is 0.270 e. The standard InChI is InChI=1S/C12H12F3IN2/c1-7-4-5-9(6-10(7)12(13,14)15)11(17-3)18-8(2)16/h4-6H,1-3H3/b17-11-,18-8+. The third kappa shape index (κ3) is 3.79. The van der Waals surface area contributed by atoms with Gasteiger partial charge in [0.2, 0.25) is 0 Å². The topological polar surface area (TPSA) is 24.7 Å². The Morgan fingerprint density at radius 3 is 2.33 bits per heavy atom. The van der Waals surface area contributed by atoms with Crippen molar-refractivity contribution in [2.24, 2.45) is 9.98 Å². The van der Waals surface area contributed by atoms with Gasteiger partial charge >= 0.3 is 6.18 Å². The number of hydrogen-bond donors (Lipinski definition) is 0. The Morgan fingerprint density at radius 2 is 1.89 bits per heavy atom. The van der Waals surface area contributed by atoms with Crippen molar-refractivity contribution in [2.75, 3.05) is 7.05 Å². The summed E-state index contributed by atoms with van der Waals surface area (Å²) in [6, 6.07) is 4.11. The lowest BCUT2D eigenvalue weighted by atomic mass is 10.0. The predicted octanol–water partition coefficient (Wildman–Crippen LogP) is 4.24. The molecule has 0 atom stereocenters. The van der Waals surface area contributed by atoms with E-state index in [9.17, 15) is 13.2 Å². The summed E-state index contributed by atoms with van der Waals surface area (Å²) < 4.78 is 39.1. The fourth-order valence-corrected chi connectivity index (χ4v) is 1.68. The van der Waals surface area contributed by atoms with Crippen molar-refractivity contribution >= 4 is 32.1 Å². The van der Waals surface area contributed by atoms with Crippen LogP contribution in [0.3, 0.4) is 0 Å². The van der Waals surface area contributed by atoms with Crippen LogP contribution in [0.2, 0.25) is 0 Å². The molecule has 2 nitrogen and oxygen atoms in total. The Morgan fingerprint density at radius 1 is 1.28 bits per heavy atom. The van der Waals surface area contributed by atoms with Crippen molar-refractivity contribution in [3.63, 3.8) is 0 Å². The lowest BCUT2D eigenvalue weighted by Gasteiger charge is -2.11. The average molecular weight is 368 g/mol. The van der Waals surface area contributed by atoms with E-state index in [1.807, 2.05) is 22.6 Å². The minimum atomic E-state index is -4.36. The summed E-state index contributed by atoms with van der Waals surface area (Å²) in [6.45, 7) is 3.19. The van der Waals surface area contributed by atoms with Crippen LogP contribution in [0.1, 0.15) is 23.6 Å². The maximum Gasteiger partial charge on any atom is 0.416 e. The zero-order valence-corrected chi connectivity index (χ0v) is 12.3. The first kappa shape index (κ1) is 15.1. The van der Waals surface area contributed by atoms with Crippen molar-refractivity contribution < 1.29 is 13.2 Å². The molecule has 0 heterocycles. The van der Waals surface area contributed by atoms with E-state index in [2.05, 4.69) is 9.98 Å². The number of alkyl halides is 3. The zero-order valence-electron chi connectivity index (χ0n) is 10.1. The van der Waals surface area contributed by atoms with Crippen LogP contribution < -0.4 is 0 Å². The van der Waals surface area contributed by atoms with Crippen molar-refractivity contribution in [3.05, 3.63) is 34.9 Å². The van der Waals surface area contributed by atoms with E-state index in [0.29, 0.717) is 15.1 Å². The molecule has 1 rings (SSSR count). The SMILES string of the molecule is C/N=C(\N=C(/C)I)c1ccc(C)c(C(F)(F)F)c1. The summed E-state index contributed by atoms with van der Waals surface area (Å²) in [6.07, 6.45) is -4.36. The number of benzene rings is 1. The summed E-state index contributed by atoms with van der Waals surface area (Å²) in [5.74, 6) is 0.299. The summed E-state index contributed by atoms with van der Waals surface area (Å²) in [5, 5.41) is 0. The first-order valence-corrected chi connectivity index (χ1v) is 6.19. The monoisotopic (exact) mass is 368 g/mol. The Hall–Kier alpha value is -0.920. The zero-order chi connectivity index (χ0) is 13.9. The van der Waals surface area contributed by atoms with Crippen LogP contribution >= 0.6 is 22.6 Å². The lowest BCUT2D eigenvalue weighted by molar-refractivity contribution is -0.138. The van der Waals surface area contributed by atoms with Gasteiger partial charge in [0.05, 0.1) is 9.28 Å². The molecule has 0 N–H and O–H groups in total. The number of aryl methyl sites for hydroxylation is 1. The van der Waals surface area contributed by atoms with Gasteiger partial charge in [0.15, 0.2) is 5.84 Å². The Bertz CT molecular complexity index is 501. The molecule has 0 aromatic heterocycles. The van der Waals surface area contributed by atoms with Gasteiger partial charge in [0.25, 0.3) is 0 Å². The molecule has 0 bridgehead atoms. The fourth-order valence-electron chi connectivity index (χ4n) is 1.46. The van der Waals surface area contributed by atoms with Crippen LogP contribution in [-0.4, -0.2) is 16.6 Å². The van der Waals surface area contributed by atoms with E-state index in [4.69, 9.17) is 0 Å². The Labute approximate surface area is 117 Å². The highest BCUT2D eigenvalue weighted by atomic mass is 127. The fraction of sp³-hybridized carbons (Fsp3) is 0.333. The van der Waals surface area contributed by atoms with Gasteiger partial charge in [-0.25, -0.2) is 4.99 Å². The van der Waals surface area contributed by atoms with E-state index >= 15 is 0 Å². The molecule has 0 aliphatic heterocycles. The van der Waals surface area contributed by atoms with E-state index in [1.54, 1.807) is 13.0 Å². The third-order valence-electron chi connectivity index (χ3n) is 2.27. The molecule has 1 aromatic rings.